The first-order chi connectivity index (χ1) is 9.28. The number of hydrogen-bond donors (Lipinski definition) is 0. The van der Waals surface area contributed by atoms with E-state index in [1.54, 1.807) is 26.7 Å². The van der Waals surface area contributed by atoms with E-state index in [2.05, 4.69) is 0 Å². The molecule has 0 heterocycles. The Bertz CT molecular complexity index is 235. The maximum Gasteiger partial charge on any atom is 0.138 e. The average molecular weight is 274 g/mol. The first-order valence-electron chi connectivity index (χ1n) is 6.55. The summed E-state index contributed by atoms with van der Waals surface area (Å²) in [5.41, 5.74) is 0. The summed E-state index contributed by atoms with van der Waals surface area (Å²) < 4.78 is 26.1. The number of methoxy groups -OCH3 is 2. The van der Waals surface area contributed by atoms with Gasteiger partial charge in [-0.25, -0.2) is 0 Å². The highest BCUT2D eigenvalue weighted by atomic mass is 16.5. The maximum absolute atomic E-state index is 5.70. The van der Waals surface area contributed by atoms with Gasteiger partial charge in [0.25, 0.3) is 0 Å². The van der Waals surface area contributed by atoms with Gasteiger partial charge in [0.15, 0.2) is 0 Å². The fraction of sp³-hybridized carbons (Fsp3) is 0.714. The highest BCUT2D eigenvalue weighted by Crippen LogP contribution is 2.13. The van der Waals surface area contributed by atoms with E-state index in [0.29, 0.717) is 26.4 Å². The summed E-state index contributed by atoms with van der Waals surface area (Å²) in [6, 6.07) is 0. The summed E-state index contributed by atoms with van der Waals surface area (Å²) in [5, 5.41) is 0. The van der Waals surface area contributed by atoms with E-state index in [-0.39, 0.29) is 0 Å². The van der Waals surface area contributed by atoms with Crippen LogP contribution in [-0.2, 0) is 23.7 Å². The second kappa shape index (κ2) is 13.2. The monoisotopic (exact) mass is 274 g/mol. The molecule has 5 nitrogen and oxygen atoms in total. The van der Waals surface area contributed by atoms with E-state index in [1.807, 2.05) is 13.8 Å². The quantitative estimate of drug-likeness (QED) is 0.404. The van der Waals surface area contributed by atoms with Crippen LogP contribution in [-0.4, -0.2) is 40.6 Å². The second-order valence-corrected chi connectivity index (χ2v) is 3.70. The molecule has 112 valence electrons. The van der Waals surface area contributed by atoms with Gasteiger partial charge in [-0.1, -0.05) is 13.8 Å². The lowest BCUT2D eigenvalue weighted by molar-refractivity contribution is 0.110. The van der Waals surface area contributed by atoms with Gasteiger partial charge in [-0.15, -0.1) is 0 Å². The van der Waals surface area contributed by atoms with E-state index in [9.17, 15) is 0 Å². The zero-order valence-corrected chi connectivity index (χ0v) is 12.4. The normalized spacial score (nSPS) is 12.4. The lowest BCUT2D eigenvalue weighted by Crippen LogP contribution is -2.01. The summed E-state index contributed by atoms with van der Waals surface area (Å²) in [4.78, 5) is 0. The molecule has 0 fully saturated rings. The van der Waals surface area contributed by atoms with E-state index in [0.717, 1.165) is 24.4 Å². The second-order valence-electron chi connectivity index (χ2n) is 3.70. The van der Waals surface area contributed by atoms with E-state index < -0.39 is 0 Å². The molecule has 0 bridgehead atoms. The summed E-state index contributed by atoms with van der Waals surface area (Å²) in [5.74, 6) is 1.53. The van der Waals surface area contributed by atoms with Crippen LogP contribution < -0.4 is 0 Å². The van der Waals surface area contributed by atoms with Gasteiger partial charge in [0.2, 0.25) is 0 Å². The van der Waals surface area contributed by atoms with Crippen LogP contribution in [0.15, 0.2) is 24.0 Å². The summed E-state index contributed by atoms with van der Waals surface area (Å²) in [6.07, 6.45) is 4.75. The topological polar surface area (TPSA) is 46.2 Å². The Morgan fingerprint density at radius 2 is 1.16 bits per heavy atom. The van der Waals surface area contributed by atoms with Crippen molar-refractivity contribution in [2.75, 3.05) is 40.6 Å². The fourth-order valence-corrected chi connectivity index (χ4v) is 1.09. The van der Waals surface area contributed by atoms with Gasteiger partial charge >= 0.3 is 0 Å². The van der Waals surface area contributed by atoms with Gasteiger partial charge in [-0.05, 0) is 0 Å². The predicted molar refractivity (Wildman–Crippen MR) is 73.5 cm³/mol. The smallest absolute Gasteiger partial charge is 0.138 e. The molecule has 0 aliphatic carbocycles. The third kappa shape index (κ3) is 10.4. The Morgan fingerprint density at radius 1 is 0.737 bits per heavy atom. The maximum atomic E-state index is 5.70. The molecule has 0 saturated carbocycles. The summed E-state index contributed by atoms with van der Waals surface area (Å²) in [6.45, 7) is 6.15. The van der Waals surface area contributed by atoms with Crippen molar-refractivity contribution in [3.63, 3.8) is 0 Å². The predicted octanol–water partition coefficient (Wildman–Crippen LogP) is 2.83. The minimum absolute atomic E-state index is 0.513. The fourth-order valence-electron chi connectivity index (χ4n) is 1.09. The van der Waals surface area contributed by atoms with Crippen LogP contribution in [0.2, 0.25) is 0 Å². The van der Waals surface area contributed by atoms with E-state index in [1.165, 1.54) is 0 Å². The molecule has 0 aromatic rings. The zero-order chi connectivity index (χ0) is 14.3. The first-order valence-corrected chi connectivity index (χ1v) is 6.55. The standard InChI is InChI=1S/C14H26O5/c1-5-13(11-17-9-7-15-3)19-14(6-2)12-18-10-8-16-4/h11-12H,5-10H2,1-4H3. The molecule has 0 atom stereocenters. The number of rotatable bonds is 12. The molecule has 0 N–H and O–H groups in total. The third-order valence-electron chi connectivity index (χ3n) is 2.20. The van der Waals surface area contributed by atoms with Crippen LogP contribution in [0.5, 0.6) is 0 Å². The Balaban J connectivity index is 4.14. The van der Waals surface area contributed by atoms with Crippen molar-refractivity contribution >= 4 is 0 Å². The molecule has 19 heavy (non-hydrogen) atoms. The average Bonchev–Trinajstić information content (AvgIpc) is 2.44. The van der Waals surface area contributed by atoms with Crippen LogP contribution in [0.3, 0.4) is 0 Å². The third-order valence-corrected chi connectivity index (χ3v) is 2.20. The molecular weight excluding hydrogens is 248 g/mol. The molecule has 0 spiro atoms. The van der Waals surface area contributed by atoms with Crippen molar-refractivity contribution in [3.05, 3.63) is 24.0 Å². The van der Waals surface area contributed by atoms with Crippen molar-refractivity contribution in [2.24, 2.45) is 0 Å². The molecule has 0 aromatic carbocycles. The number of allylic oxidation sites excluding steroid dienone is 2. The van der Waals surface area contributed by atoms with Crippen LogP contribution >= 0.6 is 0 Å². The number of ether oxygens (including phenoxy) is 5. The molecule has 0 rings (SSSR count). The van der Waals surface area contributed by atoms with Crippen LogP contribution in [0.1, 0.15) is 26.7 Å². The van der Waals surface area contributed by atoms with Crippen molar-refractivity contribution in [1.82, 2.24) is 0 Å². The first kappa shape index (κ1) is 17.8. The van der Waals surface area contributed by atoms with Crippen LogP contribution in [0, 0.1) is 0 Å². The molecule has 5 heteroatoms. The largest absolute Gasteiger partial charge is 0.495 e. The highest BCUT2D eigenvalue weighted by Gasteiger charge is 2.01. The molecule has 0 unspecified atom stereocenters. The Kier molecular flexibility index (Phi) is 12.4. The van der Waals surface area contributed by atoms with Crippen molar-refractivity contribution in [3.8, 4) is 0 Å². The Hall–Kier alpha value is -1.20. The molecular formula is C14H26O5. The van der Waals surface area contributed by atoms with Crippen molar-refractivity contribution < 1.29 is 23.7 Å². The van der Waals surface area contributed by atoms with Gasteiger partial charge < -0.3 is 23.7 Å². The lowest BCUT2D eigenvalue weighted by Gasteiger charge is -2.11. The van der Waals surface area contributed by atoms with Gasteiger partial charge in [-0.2, -0.15) is 0 Å². The zero-order valence-electron chi connectivity index (χ0n) is 12.4. The molecule has 0 aromatic heterocycles. The van der Waals surface area contributed by atoms with Crippen molar-refractivity contribution in [2.45, 2.75) is 26.7 Å². The minimum Gasteiger partial charge on any atom is -0.495 e. The Labute approximate surface area is 116 Å². The molecule has 0 aliphatic rings. The number of hydrogen-bond acceptors (Lipinski definition) is 5. The summed E-state index contributed by atoms with van der Waals surface area (Å²) >= 11 is 0. The van der Waals surface area contributed by atoms with Gasteiger partial charge in [0.05, 0.1) is 13.2 Å². The van der Waals surface area contributed by atoms with E-state index >= 15 is 0 Å². The van der Waals surface area contributed by atoms with Gasteiger partial charge in [-0.3, -0.25) is 0 Å². The molecule has 0 saturated heterocycles. The minimum atomic E-state index is 0.513. The molecule has 0 aliphatic heterocycles. The SMILES string of the molecule is CCC(=COCCOC)OC(=COCCOC)CC. The van der Waals surface area contributed by atoms with Crippen LogP contribution in [0.25, 0.3) is 0 Å². The lowest BCUT2D eigenvalue weighted by atomic mass is 10.4. The van der Waals surface area contributed by atoms with E-state index in [4.69, 9.17) is 23.7 Å². The van der Waals surface area contributed by atoms with Gasteiger partial charge in [0, 0.05) is 27.1 Å². The Morgan fingerprint density at radius 3 is 1.47 bits per heavy atom. The highest BCUT2D eigenvalue weighted by molar-refractivity contribution is 4.96. The molecule has 0 amide bonds. The summed E-state index contributed by atoms with van der Waals surface area (Å²) in [7, 11) is 3.28. The molecule has 0 radical (unpaired) electrons. The van der Waals surface area contributed by atoms with Crippen LogP contribution in [0.4, 0.5) is 0 Å². The van der Waals surface area contributed by atoms with Gasteiger partial charge in [0.1, 0.15) is 37.3 Å². The van der Waals surface area contributed by atoms with Crippen molar-refractivity contribution in [1.29, 1.82) is 0 Å².